The van der Waals surface area contributed by atoms with Crippen LogP contribution in [0.15, 0.2) is 91.0 Å². The van der Waals surface area contributed by atoms with Gasteiger partial charge in [-0.1, -0.05) is 119 Å². The Labute approximate surface area is 231 Å². The van der Waals surface area contributed by atoms with Crippen LogP contribution in [0.4, 0.5) is 0 Å². The van der Waals surface area contributed by atoms with Crippen molar-refractivity contribution in [3.8, 4) is 0 Å². The zero-order valence-corrected chi connectivity index (χ0v) is 25.8. The maximum atomic E-state index is 7.51. The van der Waals surface area contributed by atoms with E-state index >= 15 is 0 Å². The molecule has 6 heteroatoms. The molecular formula is C32H43NO3Si2. The average Bonchev–Trinajstić information content (AvgIpc) is 3.34. The van der Waals surface area contributed by atoms with Crippen LogP contribution in [0.2, 0.25) is 23.7 Å². The molecule has 2 saturated heterocycles. The molecule has 38 heavy (non-hydrogen) atoms. The Morgan fingerprint density at radius 1 is 0.868 bits per heavy atom. The van der Waals surface area contributed by atoms with Gasteiger partial charge in [0.15, 0.2) is 8.32 Å². The summed E-state index contributed by atoms with van der Waals surface area (Å²) >= 11 is 0. The summed E-state index contributed by atoms with van der Waals surface area (Å²) in [5, 5.41) is 5.04. The Morgan fingerprint density at radius 2 is 1.39 bits per heavy atom. The molecule has 4 atom stereocenters. The summed E-state index contributed by atoms with van der Waals surface area (Å²) in [6, 6.07) is 32.8. The standard InChI is InChI=1S/C32H43NO3Si2/c1-25-29(23-35-37(5,6)32(2,3)4)36-38(27-18-12-8-13-19-27,28-20-14-9-15-21-28)30-24-34-33(31(25)30)22-26-16-10-7-11-17-26/h7-21,25,29-31H,22-24H2,1-6H3/t25-,29-,30+,31+/m1/s1. The lowest BCUT2D eigenvalue weighted by Crippen LogP contribution is -2.72. The third-order valence-electron chi connectivity index (χ3n) is 9.15. The number of benzene rings is 3. The topological polar surface area (TPSA) is 30.9 Å². The second kappa shape index (κ2) is 10.8. The number of hydroxylamine groups is 2. The molecule has 0 saturated carbocycles. The molecule has 0 aliphatic carbocycles. The Morgan fingerprint density at radius 3 is 1.92 bits per heavy atom. The minimum Gasteiger partial charge on any atom is -0.414 e. The van der Waals surface area contributed by atoms with Crippen LogP contribution < -0.4 is 10.4 Å². The molecule has 0 spiro atoms. The molecule has 0 unspecified atom stereocenters. The van der Waals surface area contributed by atoms with Gasteiger partial charge in [-0.05, 0) is 34.1 Å². The number of hydrogen-bond donors (Lipinski definition) is 0. The van der Waals surface area contributed by atoms with E-state index in [1.165, 1.54) is 15.9 Å². The van der Waals surface area contributed by atoms with Gasteiger partial charge >= 0.3 is 0 Å². The predicted molar refractivity (Wildman–Crippen MR) is 161 cm³/mol. The second-order valence-electron chi connectivity index (χ2n) is 12.5. The fourth-order valence-electron chi connectivity index (χ4n) is 5.91. The fourth-order valence-corrected chi connectivity index (χ4v) is 12.0. The second-order valence-corrected chi connectivity index (χ2v) is 20.9. The minimum atomic E-state index is -2.70. The smallest absolute Gasteiger partial charge is 0.263 e. The first-order chi connectivity index (χ1) is 18.1. The van der Waals surface area contributed by atoms with E-state index in [0.29, 0.717) is 13.2 Å². The van der Waals surface area contributed by atoms with Crippen molar-refractivity contribution in [3.63, 3.8) is 0 Å². The van der Waals surface area contributed by atoms with Crippen molar-refractivity contribution in [1.82, 2.24) is 5.06 Å². The highest BCUT2D eigenvalue weighted by Gasteiger charge is 2.62. The van der Waals surface area contributed by atoms with E-state index in [0.717, 1.165) is 6.54 Å². The average molecular weight is 546 g/mol. The lowest BCUT2D eigenvalue weighted by molar-refractivity contribution is -0.156. The maximum Gasteiger partial charge on any atom is 0.263 e. The third-order valence-corrected chi connectivity index (χ3v) is 18.3. The van der Waals surface area contributed by atoms with Gasteiger partial charge < -0.3 is 8.85 Å². The first-order valence-corrected chi connectivity index (χ1v) is 18.9. The highest BCUT2D eigenvalue weighted by molar-refractivity contribution is 6.99. The predicted octanol–water partition coefficient (Wildman–Crippen LogP) is 5.99. The summed E-state index contributed by atoms with van der Waals surface area (Å²) in [5.74, 6) is 0.268. The van der Waals surface area contributed by atoms with Crippen LogP contribution in [0.25, 0.3) is 0 Å². The molecule has 3 aromatic carbocycles. The zero-order chi connectivity index (χ0) is 27.0. The molecular weight excluding hydrogens is 503 g/mol. The first kappa shape index (κ1) is 27.5. The molecule has 2 aliphatic rings. The van der Waals surface area contributed by atoms with Gasteiger partial charge in [0.05, 0.1) is 19.3 Å². The first-order valence-electron chi connectivity index (χ1n) is 14.0. The van der Waals surface area contributed by atoms with E-state index in [2.05, 4.69) is 137 Å². The molecule has 0 radical (unpaired) electrons. The summed E-state index contributed by atoms with van der Waals surface area (Å²) < 4.78 is 14.4. The van der Waals surface area contributed by atoms with Crippen LogP contribution in [-0.2, 0) is 20.2 Å². The highest BCUT2D eigenvalue weighted by Crippen LogP contribution is 2.47. The third kappa shape index (κ3) is 5.10. The van der Waals surface area contributed by atoms with Gasteiger partial charge in [-0.2, -0.15) is 5.06 Å². The van der Waals surface area contributed by atoms with Gasteiger partial charge in [-0.15, -0.1) is 0 Å². The van der Waals surface area contributed by atoms with Gasteiger partial charge in [0.25, 0.3) is 8.32 Å². The molecule has 3 aromatic rings. The number of hydrogen-bond acceptors (Lipinski definition) is 4. The Hall–Kier alpha value is -2.07. The molecule has 0 bridgehead atoms. The van der Waals surface area contributed by atoms with Crippen molar-refractivity contribution < 1.29 is 13.7 Å². The Bertz CT molecular complexity index is 1140. The number of nitrogens with zero attached hydrogens (tertiary/aromatic N) is 1. The van der Waals surface area contributed by atoms with E-state index in [1.54, 1.807) is 0 Å². The van der Waals surface area contributed by atoms with Crippen molar-refractivity contribution in [2.24, 2.45) is 5.92 Å². The SMILES string of the molecule is C[C@H]1[C@H]2[C@H](CON2Cc2ccccc2)[Si](c2ccccc2)(c2ccccc2)O[C@@H]1CO[Si](C)(C)C(C)(C)C. The van der Waals surface area contributed by atoms with Crippen LogP contribution in [0.5, 0.6) is 0 Å². The molecule has 2 aliphatic heterocycles. The van der Waals surface area contributed by atoms with E-state index < -0.39 is 16.6 Å². The molecule has 0 N–H and O–H groups in total. The molecule has 2 heterocycles. The summed E-state index contributed by atoms with van der Waals surface area (Å²) in [6.45, 7) is 16.0. The minimum absolute atomic E-state index is 0.0163. The normalized spacial score (nSPS) is 25.7. The van der Waals surface area contributed by atoms with E-state index in [1.807, 2.05) is 0 Å². The van der Waals surface area contributed by atoms with E-state index in [9.17, 15) is 0 Å². The van der Waals surface area contributed by atoms with Crippen molar-refractivity contribution >= 4 is 27.0 Å². The molecule has 202 valence electrons. The number of fused-ring (bicyclic) bond motifs is 1. The van der Waals surface area contributed by atoms with Crippen LogP contribution in [0.3, 0.4) is 0 Å². The lowest BCUT2D eigenvalue weighted by atomic mass is 9.93. The van der Waals surface area contributed by atoms with Gasteiger partial charge in [0.2, 0.25) is 0 Å². The maximum absolute atomic E-state index is 7.51. The van der Waals surface area contributed by atoms with E-state index in [4.69, 9.17) is 13.7 Å². The molecule has 0 aromatic heterocycles. The largest absolute Gasteiger partial charge is 0.414 e. The van der Waals surface area contributed by atoms with Gasteiger partial charge in [0, 0.05) is 24.0 Å². The Kier molecular flexibility index (Phi) is 7.84. The Balaban J connectivity index is 1.58. The van der Waals surface area contributed by atoms with Gasteiger partial charge in [-0.25, -0.2) is 0 Å². The molecule has 2 fully saturated rings. The quantitative estimate of drug-likeness (QED) is 0.341. The van der Waals surface area contributed by atoms with Crippen molar-refractivity contribution in [3.05, 3.63) is 96.6 Å². The number of rotatable bonds is 7. The summed E-state index contributed by atoms with van der Waals surface area (Å²) in [7, 11) is -4.65. The van der Waals surface area contributed by atoms with Crippen molar-refractivity contribution in [2.75, 3.05) is 13.2 Å². The highest BCUT2D eigenvalue weighted by atomic mass is 28.4. The summed E-state index contributed by atoms with van der Waals surface area (Å²) in [4.78, 5) is 6.58. The van der Waals surface area contributed by atoms with Gasteiger partial charge in [0.1, 0.15) is 0 Å². The molecule has 4 nitrogen and oxygen atoms in total. The summed E-state index contributed by atoms with van der Waals surface area (Å²) in [5.41, 5.74) is 1.54. The molecule has 5 rings (SSSR count). The van der Waals surface area contributed by atoms with Crippen molar-refractivity contribution in [2.45, 2.75) is 70.1 Å². The van der Waals surface area contributed by atoms with E-state index in [-0.39, 0.29) is 28.6 Å². The summed E-state index contributed by atoms with van der Waals surface area (Å²) in [6.07, 6.45) is -0.0163. The van der Waals surface area contributed by atoms with Crippen LogP contribution in [0, 0.1) is 5.92 Å². The fraction of sp³-hybridized carbons (Fsp3) is 0.438. The molecule has 0 amide bonds. The zero-order valence-electron chi connectivity index (χ0n) is 23.8. The lowest BCUT2D eigenvalue weighted by Gasteiger charge is -2.51. The van der Waals surface area contributed by atoms with Crippen molar-refractivity contribution in [1.29, 1.82) is 0 Å². The van der Waals surface area contributed by atoms with Gasteiger partial charge in [-0.3, -0.25) is 4.84 Å². The monoisotopic (exact) mass is 545 g/mol. The van der Waals surface area contributed by atoms with Crippen LogP contribution in [0.1, 0.15) is 33.3 Å². The van der Waals surface area contributed by atoms with Crippen LogP contribution >= 0.6 is 0 Å². The van der Waals surface area contributed by atoms with Crippen LogP contribution in [-0.4, -0.2) is 47.1 Å².